The van der Waals surface area contributed by atoms with E-state index in [2.05, 4.69) is 0 Å². The number of hydrogen-bond donors (Lipinski definition) is 1. The molecule has 73 valence electrons. The molecule has 0 bridgehead atoms. The van der Waals surface area contributed by atoms with Gasteiger partial charge in [-0.25, -0.2) is 4.79 Å². The van der Waals surface area contributed by atoms with Crippen molar-refractivity contribution in [2.24, 2.45) is 0 Å². The average Bonchev–Trinajstić information content (AvgIpc) is 2.03. The van der Waals surface area contributed by atoms with Gasteiger partial charge < -0.3 is 5.11 Å². The number of rotatable bonds is 2. The molecule has 1 aromatic carbocycles. The standard InChI is InChI=1S/C9H7ClO2.Ag/c10-8-4-1-7(2-5-8)3-6-9(11)12;/h1-6H,(H,11,12);. The Morgan fingerprint density at radius 1 is 1.31 bits per heavy atom. The summed E-state index contributed by atoms with van der Waals surface area (Å²) in [6.07, 6.45) is 2.60. The second-order valence-electron chi connectivity index (χ2n) is 2.22. The summed E-state index contributed by atoms with van der Waals surface area (Å²) < 4.78 is 0. The van der Waals surface area contributed by atoms with E-state index >= 15 is 0 Å². The summed E-state index contributed by atoms with van der Waals surface area (Å²) in [7, 11) is 0. The van der Waals surface area contributed by atoms with Crippen LogP contribution in [-0.2, 0) is 27.2 Å². The molecule has 2 nitrogen and oxygen atoms in total. The third-order valence-corrected chi connectivity index (χ3v) is 1.54. The fourth-order valence-electron chi connectivity index (χ4n) is 0.741. The van der Waals surface area contributed by atoms with E-state index in [9.17, 15) is 4.79 Å². The Morgan fingerprint density at radius 3 is 2.31 bits per heavy atom. The maximum Gasteiger partial charge on any atom is 0.328 e. The van der Waals surface area contributed by atoms with E-state index in [1.807, 2.05) is 0 Å². The Hall–Kier alpha value is -0.540. The van der Waals surface area contributed by atoms with Crippen LogP contribution in [0.15, 0.2) is 30.3 Å². The Kier molecular flexibility index (Phi) is 5.75. The minimum atomic E-state index is -0.954. The summed E-state index contributed by atoms with van der Waals surface area (Å²) >= 11 is 5.63. The van der Waals surface area contributed by atoms with Gasteiger partial charge in [-0.15, -0.1) is 0 Å². The number of carboxylic acid groups (broad SMARTS) is 1. The van der Waals surface area contributed by atoms with Gasteiger partial charge in [-0.1, -0.05) is 23.7 Å². The van der Waals surface area contributed by atoms with Crippen molar-refractivity contribution in [2.45, 2.75) is 0 Å². The van der Waals surface area contributed by atoms with E-state index in [-0.39, 0.29) is 22.4 Å². The number of halogens is 1. The first kappa shape index (κ1) is 12.5. The van der Waals surface area contributed by atoms with Crippen molar-refractivity contribution in [1.29, 1.82) is 0 Å². The molecule has 1 radical (unpaired) electrons. The van der Waals surface area contributed by atoms with Gasteiger partial charge in [0.2, 0.25) is 0 Å². The van der Waals surface area contributed by atoms with Crippen LogP contribution in [0.25, 0.3) is 6.08 Å². The zero-order valence-corrected chi connectivity index (χ0v) is 8.74. The van der Waals surface area contributed by atoms with Gasteiger partial charge in [0.1, 0.15) is 0 Å². The number of benzene rings is 1. The van der Waals surface area contributed by atoms with Crippen LogP contribution in [-0.4, -0.2) is 11.1 Å². The summed E-state index contributed by atoms with van der Waals surface area (Å²) in [6.45, 7) is 0. The maximum atomic E-state index is 10.1. The number of carbonyl (C=O) groups is 1. The Labute approximate surface area is 96.7 Å². The van der Waals surface area contributed by atoms with Crippen molar-refractivity contribution in [2.75, 3.05) is 0 Å². The summed E-state index contributed by atoms with van der Waals surface area (Å²) in [5, 5.41) is 8.96. The Bertz CT molecular complexity index is 306. The van der Waals surface area contributed by atoms with Gasteiger partial charge in [0.05, 0.1) is 0 Å². The first-order valence-corrected chi connectivity index (χ1v) is 3.73. The summed E-state index contributed by atoms with van der Waals surface area (Å²) in [5.41, 5.74) is 0.821. The van der Waals surface area contributed by atoms with E-state index in [1.54, 1.807) is 24.3 Å². The molecular formula is C9H7AgClO2. The van der Waals surface area contributed by atoms with E-state index < -0.39 is 5.97 Å². The van der Waals surface area contributed by atoms with Crippen LogP contribution in [0.2, 0.25) is 5.02 Å². The van der Waals surface area contributed by atoms with Crippen LogP contribution < -0.4 is 0 Å². The molecule has 0 aliphatic carbocycles. The van der Waals surface area contributed by atoms with E-state index in [0.29, 0.717) is 5.02 Å². The molecule has 0 spiro atoms. The zero-order valence-electron chi connectivity index (χ0n) is 6.50. The van der Waals surface area contributed by atoms with Gasteiger partial charge in [0.15, 0.2) is 0 Å². The fraction of sp³-hybridized carbons (Fsp3) is 0. The molecule has 13 heavy (non-hydrogen) atoms. The molecule has 0 aliphatic heterocycles. The molecule has 0 saturated carbocycles. The van der Waals surface area contributed by atoms with Crippen molar-refractivity contribution in [3.63, 3.8) is 0 Å². The van der Waals surface area contributed by atoms with E-state index in [4.69, 9.17) is 16.7 Å². The minimum Gasteiger partial charge on any atom is -0.478 e. The molecule has 0 aromatic heterocycles. The normalized spacial score (nSPS) is 9.62. The summed E-state index contributed by atoms with van der Waals surface area (Å²) in [6, 6.07) is 6.93. The van der Waals surface area contributed by atoms with Gasteiger partial charge in [-0.2, -0.15) is 0 Å². The largest absolute Gasteiger partial charge is 0.478 e. The van der Waals surface area contributed by atoms with E-state index in [0.717, 1.165) is 11.6 Å². The predicted octanol–water partition coefficient (Wildman–Crippen LogP) is 2.44. The molecule has 0 fully saturated rings. The van der Waals surface area contributed by atoms with Crippen molar-refractivity contribution in [1.82, 2.24) is 0 Å². The molecule has 0 unspecified atom stereocenters. The van der Waals surface area contributed by atoms with Gasteiger partial charge >= 0.3 is 5.97 Å². The van der Waals surface area contributed by atoms with Crippen molar-refractivity contribution < 1.29 is 32.3 Å². The van der Waals surface area contributed by atoms with Gasteiger partial charge in [0.25, 0.3) is 0 Å². The second kappa shape index (κ2) is 6.00. The Morgan fingerprint density at radius 2 is 1.85 bits per heavy atom. The number of carboxylic acids is 1. The van der Waals surface area contributed by atoms with Crippen LogP contribution in [0.5, 0.6) is 0 Å². The van der Waals surface area contributed by atoms with Crippen molar-refractivity contribution >= 4 is 23.6 Å². The molecule has 0 saturated heterocycles. The molecule has 4 heteroatoms. The van der Waals surface area contributed by atoms with Crippen LogP contribution in [0.3, 0.4) is 0 Å². The monoisotopic (exact) mass is 289 g/mol. The zero-order chi connectivity index (χ0) is 8.97. The smallest absolute Gasteiger partial charge is 0.328 e. The van der Waals surface area contributed by atoms with Gasteiger partial charge in [-0.3, -0.25) is 0 Å². The number of hydrogen-bond acceptors (Lipinski definition) is 1. The molecule has 1 N–H and O–H groups in total. The molecule has 0 atom stereocenters. The minimum absolute atomic E-state index is 0. The molecule has 1 rings (SSSR count). The SMILES string of the molecule is O=C(O)C=Cc1ccc(Cl)cc1.[Ag]. The third kappa shape index (κ3) is 4.91. The molecule has 0 aliphatic rings. The predicted molar refractivity (Wildman–Crippen MR) is 48.1 cm³/mol. The third-order valence-electron chi connectivity index (χ3n) is 1.29. The number of aliphatic carboxylic acids is 1. The maximum absolute atomic E-state index is 10.1. The topological polar surface area (TPSA) is 37.3 Å². The molecule has 0 amide bonds. The van der Waals surface area contributed by atoms with Gasteiger partial charge in [0, 0.05) is 33.5 Å². The molecule has 0 heterocycles. The fourth-order valence-corrected chi connectivity index (χ4v) is 0.867. The van der Waals surface area contributed by atoms with Crippen LogP contribution in [0.4, 0.5) is 0 Å². The van der Waals surface area contributed by atoms with Crippen LogP contribution in [0.1, 0.15) is 5.56 Å². The van der Waals surface area contributed by atoms with Crippen molar-refractivity contribution in [3.05, 3.63) is 40.9 Å². The van der Waals surface area contributed by atoms with Crippen molar-refractivity contribution in [3.8, 4) is 0 Å². The summed E-state index contributed by atoms with van der Waals surface area (Å²) in [4.78, 5) is 10.1. The van der Waals surface area contributed by atoms with E-state index in [1.165, 1.54) is 6.08 Å². The quantitative estimate of drug-likeness (QED) is 0.671. The summed E-state index contributed by atoms with van der Waals surface area (Å²) in [5.74, 6) is -0.954. The molecule has 1 aromatic rings. The first-order valence-electron chi connectivity index (χ1n) is 3.35. The second-order valence-corrected chi connectivity index (χ2v) is 2.66. The Balaban J connectivity index is 0.00000144. The van der Waals surface area contributed by atoms with Crippen LogP contribution in [0, 0.1) is 0 Å². The first-order chi connectivity index (χ1) is 5.68. The molecular weight excluding hydrogens is 283 g/mol. The van der Waals surface area contributed by atoms with Gasteiger partial charge in [-0.05, 0) is 23.8 Å². The van der Waals surface area contributed by atoms with Crippen LogP contribution >= 0.6 is 11.6 Å². The average molecular weight is 290 g/mol.